The number of carbonyl (C=O) groups excluding carboxylic acids is 4. The third-order valence-corrected chi connectivity index (χ3v) is 6.50. The lowest BCUT2D eigenvalue weighted by Gasteiger charge is -2.30. The maximum atomic E-state index is 13.5. The van der Waals surface area contributed by atoms with Crippen LogP contribution in [-0.2, 0) is 23.9 Å². The summed E-state index contributed by atoms with van der Waals surface area (Å²) in [5.74, 6) is -1.67. The molecule has 1 saturated carbocycles. The van der Waals surface area contributed by atoms with Gasteiger partial charge in [0, 0.05) is 18.9 Å². The number of nitrogens with zero attached hydrogens (tertiary/aromatic N) is 1. The largest absolute Gasteiger partial charge is 0.467 e. The molecule has 5 atom stereocenters. The van der Waals surface area contributed by atoms with Gasteiger partial charge in [0.25, 0.3) is 0 Å². The smallest absolute Gasteiger partial charge is 0.408 e. The van der Waals surface area contributed by atoms with E-state index in [0.29, 0.717) is 19.3 Å². The number of carbonyl (C=O) groups is 4. The molecule has 3 amide bonds. The first kappa shape index (κ1) is 26.0. The van der Waals surface area contributed by atoms with Crippen LogP contribution in [0.25, 0.3) is 0 Å². The molecular formula is C24H37N3O7. The van der Waals surface area contributed by atoms with E-state index in [1.807, 2.05) is 12.2 Å². The Kier molecular flexibility index (Phi) is 7.90. The van der Waals surface area contributed by atoms with Crippen LogP contribution in [0.4, 0.5) is 4.79 Å². The Morgan fingerprint density at radius 2 is 1.97 bits per heavy atom. The Morgan fingerprint density at radius 1 is 1.24 bits per heavy atom. The van der Waals surface area contributed by atoms with Crippen LogP contribution in [0.1, 0.15) is 65.7 Å². The number of allylic oxidation sites excluding steroid dienone is 1. The first-order valence-corrected chi connectivity index (χ1v) is 12.0. The number of nitrogens with one attached hydrogen (secondary N) is 2. The Labute approximate surface area is 200 Å². The minimum Gasteiger partial charge on any atom is -0.467 e. The fourth-order valence-corrected chi connectivity index (χ4v) is 4.70. The summed E-state index contributed by atoms with van der Waals surface area (Å²) in [5.41, 5.74) is -1.88. The zero-order chi connectivity index (χ0) is 25.1. The number of alkyl carbamates (subject to hydrolysis) is 1. The molecule has 0 aromatic rings. The molecule has 34 heavy (non-hydrogen) atoms. The van der Waals surface area contributed by atoms with Crippen molar-refractivity contribution in [2.45, 2.75) is 95.0 Å². The molecule has 3 rings (SSSR count). The Morgan fingerprint density at radius 3 is 2.65 bits per heavy atom. The van der Waals surface area contributed by atoms with Crippen molar-refractivity contribution in [3.63, 3.8) is 0 Å². The number of rotatable bonds is 2. The van der Waals surface area contributed by atoms with E-state index in [4.69, 9.17) is 9.47 Å². The van der Waals surface area contributed by atoms with Gasteiger partial charge in [0.2, 0.25) is 11.8 Å². The number of aliphatic hydroxyl groups excluding tert-OH is 1. The van der Waals surface area contributed by atoms with Crippen LogP contribution in [0.15, 0.2) is 12.2 Å². The van der Waals surface area contributed by atoms with Crippen molar-refractivity contribution in [2.24, 2.45) is 5.92 Å². The highest BCUT2D eigenvalue weighted by molar-refractivity contribution is 5.96. The summed E-state index contributed by atoms with van der Waals surface area (Å²) in [7, 11) is 1.28. The third kappa shape index (κ3) is 6.08. The van der Waals surface area contributed by atoms with Crippen molar-refractivity contribution in [3.8, 4) is 0 Å². The van der Waals surface area contributed by atoms with Gasteiger partial charge in [-0.2, -0.15) is 0 Å². The van der Waals surface area contributed by atoms with E-state index in [-0.39, 0.29) is 18.9 Å². The quantitative estimate of drug-likeness (QED) is 0.403. The number of ether oxygens (including phenoxy) is 2. The fourth-order valence-electron chi connectivity index (χ4n) is 4.70. The highest BCUT2D eigenvalue weighted by atomic mass is 16.6. The van der Waals surface area contributed by atoms with Crippen LogP contribution < -0.4 is 10.6 Å². The number of amides is 3. The topological polar surface area (TPSA) is 134 Å². The molecule has 0 aromatic heterocycles. The van der Waals surface area contributed by atoms with Crippen molar-refractivity contribution in [1.29, 1.82) is 0 Å². The van der Waals surface area contributed by atoms with Gasteiger partial charge in [0.15, 0.2) is 0 Å². The van der Waals surface area contributed by atoms with E-state index in [9.17, 15) is 24.3 Å². The monoisotopic (exact) mass is 479 g/mol. The van der Waals surface area contributed by atoms with E-state index < -0.39 is 53.2 Å². The maximum Gasteiger partial charge on any atom is 0.408 e. The first-order valence-electron chi connectivity index (χ1n) is 12.0. The normalized spacial score (nSPS) is 33.4. The summed E-state index contributed by atoms with van der Waals surface area (Å²) in [6, 6.07) is -1.85. The van der Waals surface area contributed by atoms with Gasteiger partial charge in [-0.25, -0.2) is 9.59 Å². The van der Waals surface area contributed by atoms with E-state index in [2.05, 4.69) is 10.6 Å². The van der Waals surface area contributed by atoms with Gasteiger partial charge in [-0.05, 0) is 46.5 Å². The molecule has 0 aromatic carbocycles. The van der Waals surface area contributed by atoms with Gasteiger partial charge in [-0.15, -0.1) is 0 Å². The number of esters is 1. The Bertz CT molecular complexity index is 837. The number of aliphatic hydroxyl groups is 1. The summed E-state index contributed by atoms with van der Waals surface area (Å²) >= 11 is 0. The molecule has 10 heteroatoms. The maximum absolute atomic E-state index is 13.5. The minimum absolute atomic E-state index is 0.0298. The highest BCUT2D eigenvalue weighted by Gasteiger charge is 2.62. The Balaban J connectivity index is 1.84. The van der Waals surface area contributed by atoms with E-state index >= 15 is 0 Å². The van der Waals surface area contributed by atoms with Gasteiger partial charge in [-0.1, -0.05) is 25.0 Å². The lowest BCUT2D eigenvalue weighted by molar-refractivity contribution is -0.148. The van der Waals surface area contributed by atoms with Crippen LogP contribution in [0.5, 0.6) is 0 Å². The molecule has 0 unspecified atom stereocenters. The van der Waals surface area contributed by atoms with Gasteiger partial charge < -0.3 is 30.1 Å². The molecule has 1 aliphatic carbocycles. The zero-order valence-electron chi connectivity index (χ0n) is 20.5. The van der Waals surface area contributed by atoms with Crippen molar-refractivity contribution in [3.05, 3.63) is 12.2 Å². The van der Waals surface area contributed by atoms with Gasteiger partial charge in [-0.3, -0.25) is 9.59 Å². The second kappa shape index (κ2) is 10.3. The van der Waals surface area contributed by atoms with Crippen molar-refractivity contribution in [1.82, 2.24) is 15.5 Å². The summed E-state index contributed by atoms with van der Waals surface area (Å²) in [4.78, 5) is 53.0. The lowest BCUT2D eigenvalue weighted by atomic mass is 10.0. The van der Waals surface area contributed by atoms with E-state index in [1.54, 1.807) is 20.8 Å². The number of fused-ring (bicyclic) bond motifs is 2. The molecule has 2 heterocycles. The number of hydrogen-bond donors (Lipinski definition) is 3. The first-order chi connectivity index (χ1) is 16.0. The predicted molar refractivity (Wildman–Crippen MR) is 123 cm³/mol. The second-order valence-electron chi connectivity index (χ2n) is 10.4. The van der Waals surface area contributed by atoms with Crippen LogP contribution >= 0.6 is 0 Å². The summed E-state index contributed by atoms with van der Waals surface area (Å²) in [5, 5.41) is 15.7. The molecule has 2 fully saturated rings. The molecule has 1 saturated heterocycles. The Hall–Kier alpha value is -2.62. The summed E-state index contributed by atoms with van der Waals surface area (Å²) in [6.07, 6.45) is 6.45. The number of hydrogen-bond acceptors (Lipinski definition) is 7. The average molecular weight is 480 g/mol. The standard InChI is InChI=1S/C24H37N3O7/c1-23(2,3)34-22(32)25-17-11-9-7-5-6-8-10-15-13-24(15,21(31)33-4)26-19(29)18-12-16(28)14-27(18)20(17)30/h8,10,15-18,28H,5-7,9,11-14H2,1-4H3,(H,25,32)(H,26,29)/b10-8-/t15-,16+,17-,18-,24+/m0/s1. The number of methoxy groups -OCH3 is 1. The van der Waals surface area contributed by atoms with E-state index in [1.165, 1.54) is 12.0 Å². The van der Waals surface area contributed by atoms with Crippen LogP contribution in [0.2, 0.25) is 0 Å². The van der Waals surface area contributed by atoms with Crippen LogP contribution in [-0.4, -0.2) is 76.9 Å². The van der Waals surface area contributed by atoms with Crippen molar-refractivity contribution < 1.29 is 33.8 Å². The summed E-state index contributed by atoms with van der Waals surface area (Å²) in [6.45, 7) is 5.17. The van der Waals surface area contributed by atoms with Gasteiger partial charge in [0.05, 0.1) is 13.2 Å². The molecular weight excluding hydrogens is 442 g/mol. The fraction of sp³-hybridized carbons (Fsp3) is 0.750. The molecule has 190 valence electrons. The molecule has 3 N–H and O–H groups in total. The van der Waals surface area contributed by atoms with Gasteiger partial charge in [0.1, 0.15) is 23.2 Å². The summed E-state index contributed by atoms with van der Waals surface area (Å²) < 4.78 is 10.3. The molecule has 3 aliphatic rings. The zero-order valence-corrected chi connectivity index (χ0v) is 20.5. The van der Waals surface area contributed by atoms with E-state index in [0.717, 1.165) is 19.3 Å². The molecule has 2 aliphatic heterocycles. The van der Waals surface area contributed by atoms with Crippen LogP contribution in [0, 0.1) is 5.92 Å². The predicted octanol–water partition coefficient (Wildman–Crippen LogP) is 1.41. The van der Waals surface area contributed by atoms with Crippen molar-refractivity contribution in [2.75, 3.05) is 13.7 Å². The minimum atomic E-state index is -1.15. The molecule has 0 radical (unpaired) electrons. The molecule has 10 nitrogen and oxygen atoms in total. The average Bonchev–Trinajstić information content (AvgIpc) is 3.29. The van der Waals surface area contributed by atoms with Crippen molar-refractivity contribution >= 4 is 23.9 Å². The van der Waals surface area contributed by atoms with Crippen LogP contribution in [0.3, 0.4) is 0 Å². The second-order valence-corrected chi connectivity index (χ2v) is 10.4. The third-order valence-electron chi connectivity index (χ3n) is 6.50. The molecule has 0 spiro atoms. The lowest BCUT2D eigenvalue weighted by Crippen LogP contribution is -2.56. The van der Waals surface area contributed by atoms with Gasteiger partial charge >= 0.3 is 12.1 Å². The molecule has 0 bridgehead atoms. The highest BCUT2D eigenvalue weighted by Crippen LogP contribution is 2.46. The SMILES string of the molecule is COC(=O)[C@@]12C[C@@H]1/C=C\CCCCC[C@H](NC(=O)OC(C)(C)C)C(=O)N1C[C@H](O)C[C@H]1C(=O)N2.